The van der Waals surface area contributed by atoms with Crippen LogP contribution in [0.3, 0.4) is 0 Å². The van der Waals surface area contributed by atoms with Crippen LogP contribution in [0.5, 0.6) is 0 Å². The molecule has 1 N–H and O–H groups in total. The average molecular weight is 159 g/mol. The van der Waals surface area contributed by atoms with Crippen molar-refractivity contribution in [3.63, 3.8) is 0 Å². The summed E-state index contributed by atoms with van der Waals surface area (Å²) in [6, 6.07) is 1.91. The Morgan fingerprint density at radius 3 is 2.67 bits per heavy atom. The van der Waals surface area contributed by atoms with Crippen LogP contribution >= 0.6 is 0 Å². The van der Waals surface area contributed by atoms with Crippen LogP contribution in [-0.4, -0.2) is 22.2 Å². The maximum absolute atomic E-state index is 8.52. The molecule has 0 unspecified atom stereocenters. The van der Waals surface area contributed by atoms with Gasteiger partial charge in [-0.25, -0.2) is 4.90 Å². The highest BCUT2D eigenvalue weighted by molar-refractivity contribution is 5.56. The molecule has 58 valence electrons. The third-order valence-electron chi connectivity index (χ3n) is 1.36. The van der Waals surface area contributed by atoms with Crippen LogP contribution in [0.15, 0.2) is 18.2 Å². The van der Waals surface area contributed by atoms with Gasteiger partial charge in [-0.3, -0.25) is 5.41 Å². The van der Waals surface area contributed by atoms with Gasteiger partial charge in [-0.15, -0.1) is 0 Å². The first-order valence-corrected chi connectivity index (χ1v) is 3.14. The Balaban J connectivity index is 2.87. The summed E-state index contributed by atoms with van der Waals surface area (Å²) in [5.41, 5.74) is 0. The molecule has 1 aliphatic heterocycles. The second kappa shape index (κ2) is 3.25. The standard InChI is InChI=1S/C7H5N5/c8-1-2-11-3-4-12(6-10)7(11)5-9/h3-4,9H,2H2. The van der Waals surface area contributed by atoms with Gasteiger partial charge in [-0.2, -0.15) is 10.5 Å². The Kier molecular flexibility index (Phi) is 2.13. The molecule has 0 amide bonds. The van der Waals surface area contributed by atoms with Gasteiger partial charge in [0.05, 0.1) is 6.07 Å². The summed E-state index contributed by atoms with van der Waals surface area (Å²) in [6.45, 7) is 0.121. The summed E-state index contributed by atoms with van der Waals surface area (Å²) in [5, 5.41) is 23.8. The highest BCUT2D eigenvalue weighted by Crippen LogP contribution is 2.14. The number of nitrogens with one attached hydrogen (secondary N) is 1. The first-order chi connectivity index (χ1) is 5.83. The van der Waals surface area contributed by atoms with Crippen LogP contribution in [0.1, 0.15) is 0 Å². The molecule has 12 heavy (non-hydrogen) atoms. The molecule has 0 aromatic carbocycles. The van der Waals surface area contributed by atoms with E-state index in [0.29, 0.717) is 0 Å². The topological polar surface area (TPSA) is 77.9 Å². The highest BCUT2D eigenvalue weighted by atomic mass is 15.4. The van der Waals surface area contributed by atoms with Crippen molar-refractivity contribution in [2.75, 3.05) is 6.54 Å². The van der Waals surface area contributed by atoms with Crippen molar-refractivity contribution < 1.29 is 0 Å². The number of hydrogen-bond donors (Lipinski definition) is 1. The molecular weight excluding hydrogens is 154 g/mol. The molecule has 0 radical (unpaired) electrons. The molecule has 0 saturated heterocycles. The Labute approximate surface area is 69.5 Å². The predicted molar refractivity (Wildman–Crippen MR) is 40.2 cm³/mol. The lowest BCUT2D eigenvalue weighted by molar-refractivity contribution is 0.463. The molecule has 0 spiro atoms. The first-order valence-electron chi connectivity index (χ1n) is 3.14. The Morgan fingerprint density at radius 2 is 2.17 bits per heavy atom. The fourth-order valence-electron chi connectivity index (χ4n) is 0.843. The molecule has 0 saturated carbocycles. The first kappa shape index (κ1) is 7.87. The molecule has 0 aliphatic carbocycles. The minimum Gasteiger partial charge on any atom is -0.310 e. The maximum atomic E-state index is 8.52. The number of hydrogen-bond acceptors (Lipinski definition) is 5. The van der Waals surface area contributed by atoms with Gasteiger partial charge in [-0.05, 0) is 0 Å². The molecule has 0 aromatic heterocycles. The van der Waals surface area contributed by atoms with Crippen molar-refractivity contribution in [2.24, 2.45) is 0 Å². The molecule has 0 atom stereocenters. The van der Waals surface area contributed by atoms with E-state index in [1.54, 1.807) is 6.20 Å². The second-order valence-electron chi connectivity index (χ2n) is 2.00. The summed E-state index contributed by atoms with van der Waals surface area (Å²) >= 11 is 0. The van der Waals surface area contributed by atoms with Gasteiger partial charge in [0.1, 0.15) is 6.54 Å². The van der Waals surface area contributed by atoms with E-state index < -0.39 is 0 Å². The van der Waals surface area contributed by atoms with Gasteiger partial charge < -0.3 is 4.90 Å². The molecule has 1 rings (SSSR count). The van der Waals surface area contributed by atoms with E-state index >= 15 is 0 Å². The summed E-state index contributed by atoms with van der Waals surface area (Å²) < 4.78 is 0. The van der Waals surface area contributed by atoms with Crippen LogP contribution in [0.25, 0.3) is 0 Å². The zero-order valence-electron chi connectivity index (χ0n) is 6.15. The van der Waals surface area contributed by atoms with Gasteiger partial charge >= 0.3 is 0 Å². The Hall–Kier alpha value is -2.23. The molecule has 5 heteroatoms. The monoisotopic (exact) mass is 159 g/mol. The van der Waals surface area contributed by atoms with Crippen molar-refractivity contribution in [3.05, 3.63) is 18.2 Å². The van der Waals surface area contributed by atoms with Crippen LogP contribution < -0.4 is 0 Å². The van der Waals surface area contributed by atoms with Crippen LogP contribution in [0.4, 0.5) is 0 Å². The molecule has 0 fully saturated rings. The van der Waals surface area contributed by atoms with Crippen LogP contribution in [-0.2, 0) is 0 Å². The lowest BCUT2D eigenvalue weighted by atomic mass is 10.6. The van der Waals surface area contributed by atoms with E-state index in [1.165, 1.54) is 16.0 Å². The SMILES string of the molecule is N#CCN1C=CN(C#N)C1=C=N. The highest BCUT2D eigenvalue weighted by Gasteiger charge is 2.18. The molecule has 1 aliphatic rings. The number of nitriles is 2. The van der Waals surface area contributed by atoms with E-state index in [0.717, 1.165) is 0 Å². The fraction of sp³-hybridized carbons (Fsp3) is 0.143. The van der Waals surface area contributed by atoms with Gasteiger partial charge in [0.2, 0.25) is 0 Å². The van der Waals surface area contributed by atoms with Gasteiger partial charge in [0.25, 0.3) is 0 Å². The fourth-order valence-corrected chi connectivity index (χ4v) is 0.843. The maximum Gasteiger partial charge on any atom is 0.190 e. The quantitative estimate of drug-likeness (QED) is 0.336. The second-order valence-corrected chi connectivity index (χ2v) is 2.00. The van der Waals surface area contributed by atoms with Crippen molar-refractivity contribution in [1.29, 1.82) is 15.9 Å². The lowest BCUT2D eigenvalue weighted by Gasteiger charge is -2.13. The largest absolute Gasteiger partial charge is 0.310 e. The zero-order chi connectivity index (χ0) is 8.97. The van der Waals surface area contributed by atoms with E-state index in [-0.39, 0.29) is 12.4 Å². The van der Waals surface area contributed by atoms with Crippen molar-refractivity contribution in [2.45, 2.75) is 0 Å². The number of nitrogens with zero attached hydrogens (tertiary/aromatic N) is 4. The van der Waals surface area contributed by atoms with Gasteiger partial charge in [0, 0.05) is 18.3 Å². The zero-order valence-corrected chi connectivity index (χ0v) is 6.15. The normalized spacial score (nSPS) is 14.0. The lowest BCUT2D eigenvalue weighted by Crippen LogP contribution is -2.20. The smallest absolute Gasteiger partial charge is 0.190 e. The summed E-state index contributed by atoms with van der Waals surface area (Å²) in [7, 11) is 0. The van der Waals surface area contributed by atoms with Crippen molar-refractivity contribution in [1.82, 2.24) is 9.80 Å². The van der Waals surface area contributed by atoms with E-state index in [4.69, 9.17) is 15.9 Å². The molecule has 0 aromatic rings. The number of rotatable bonds is 1. The minimum atomic E-state index is 0.121. The van der Waals surface area contributed by atoms with Crippen molar-refractivity contribution >= 4 is 5.87 Å². The van der Waals surface area contributed by atoms with Gasteiger partial charge in [-0.1, -0.05) is 0 Å². The van der Waals surface area contributed by atoms with Crippen LogP contribution in [0.2, 0.25) is 0 Å². The third-order valence-corrected chi connectivity index (χ3v) is 1.36. The Morgan fingerprint density at radius 1 is 1.42 bits per heavy atom. The summed E-state index contributed by atoms with van der Waals surface area (Å²) in [6.07, 6.45) is 4.87. The van der Waals surface area contributed by atoms with Gasteiger partial charge in [0.15, 0.2) is 12.0 Å². The predicted octanol–water partition coefficient (Wildman–Crippen LogP) is 0.170. The van der Waals surface area contributed by atoms with E-state index in [2.05, 4.69) is 5.87 Å². The molecular formula is C7H5N5. The van der Waals surface area contributed by atoms with Crippen molar-refractivity contribution in [3.8, 4) is 12.3 Å². The van der Waals surface area contributed by atoms with E-state index in [9.17, 15) is 0 Å². The third kappa shape index (κ3) is 1.13. The molecule has 5 nitrogen and oxygen atoms in total. The average Bonchev–Trinajstić information content (AvgIpc) is 2.47. The van der Waals surface area contributed by atoms with Crippen LogP contribution in [0, 0.1) is 28.2 Å². The Bertz CT molecular complexity index is 336. The molecule has 1 heterocycles. The van der Waals surface area contributed by atoms with E-state index in [1.807, 2.05) is 12.3 Å². The molecule has 0 bridgehead atoms. The summed E-state index contributed by atoms with van der Waals surface area (Å²) in [4.78, 5) is 2.64. The minimum absolute atomic E-state index is 0.121. The summed E-state index contributed by atoms with van der Waals surface area (Å²) in [5.74, 6) is 2.36.